The van der Waals surface area contributed by atoms with Gasteiger partial charge < -0.3 is 15.4 Å². The molecule has 3 rings (SSSR count). The largest absolute Gasteiger partial charge is 0.474 e. The second-order valence-electron chi connectivity index (χ2n) is 4.59. The lowest BCUT2D eigenvalue weighted by Crippen LogP contribution is -2.24. The van der Waals surface area contributed by atoms with Gasteiger partial charge in [0.15, 0.2) is 5.82 Å². The Morgan fingerprint density at radius 2 is 2.17 bits per heavy atom. The van der Waals surface area contributed by atoms with Crippen molar-refractivity contribution in [3.63, 3.8) is 0 Å². The van der Waals surface area contributed by atoms with E-state index < -0.39 is 0 Å². The van der Waals surface area contributed by atoms with Gasteiger partial charge in [-0.3, -0.25) is 0 Å². The lowest BCUT2D eigenvalue weighted by molar-refractivity contribution is 0.309. The van der Waals surface area contributed by atoms with Gasteiger partial charge >= 0.3 is 0 Å². The van der Waals surface area contributed by atoms with E-state index in [0.717, 1.165) is 25.1 Å². The maximum atomic E-state index is 8.95. The lowest BCUT2D eigenvalue weighted by atomic mass is 10.2. The van der Waals surface area contributed by atoms with Crippen LogP contribution in [-0.2, 0) is 0 Å². The fraction of sp³-hybridized carbons (Fsp3) is 0.583. The van der Waals surface area contributed by atoms with Gasteiger partial charge in [0.25, 0.3) is 0 Å². The molecule has 0 spiro atoms. The summed E-state index contributed by atoms with van der Waals surface area (Å²) >= 11 is 0. The molecule has 0 saturated heterocycles. The monoisotopic (exact) mass is 245 g/mol. The number of aromatic nitrogens is 2. The number of anilines is 2. The molecule has 2 aliphatic rings. The molecule has 1 aliphatic carbocycles. The summed E-state index contributed by atoms with van der Waals surface area (Å²) in [5, 5.41) is 15.6. The van der Waals surface area contributed by atoms with Gasteiger partial charge in [-0.1, -0.05) is 12.8 Å². The van der Waals surface area contributed by atoms with E-state index in [1.165, 1.54) is 12.8 Å². The Kier molecular flexibility index (Phi) is 2.89. The zero-order valence-corrected chi connectivity index (χ0v) is 10.1. The number of nitriles is 1. The zero-order valence-electron chi connectivity index (χ0n) is 10.1. The van der Waals surface area contributed by atoms with Gasteiger partial charge in [0.1, 0.15) is 18.4 Å². The Morgan fingerprint density at radius 1 is 1.33 bits per heavy atom. The van der Waals surface area contributed by atoms with E-state index in [1.807, 2.05) is 6.07 Å². The fourth-order valence-electron chi connectivity index (χ4n) is 2.45. The number of nitrogens with zero attached hydrogens (tertiary/aromatic N) is 3. The van der Waals surface area contributed by atoms with Crippen molar-refractivity contribution < 1.29 is 4.74 Å². The second kappa shape index (κ2) is 4.69. The topological polar surface area (TPSA) is 82.9 Å². The van der Waals surface area contributed by atoms with Crippen molar-refractivity contribution in [3.8, 4) is 11.9 Å². The predicted octanol–water partition coefficient (Wildman–Crippen LogP) is 1.51. The Balaban J connectivity index is 1.93. The van der Waals surface area contributed by atoms with E-state index in [2.05, 4.69) is 20.6 Å². The van der Waals surface area contributed by atoms with Crippen molar-refractivity contribution in [1.82, 2.24) is 9.97 Å². The number of fused-ring (bicyclic) bond motifs is 1. The van der Waals surface area contributed by atoms with Crippen LogP contribution < -0.4 is 15.4 Å². The van der Waals surface area contributed by atoms with Crippen LogP contribution in [0.4, 0.5) is 11.5 Å². The third-order valence-corrected chi connectivity index (χ3v) is 3.31. The van der Waals surface area contributed by atoms with Crippen molar-refractivity contribution in [3.05, 3.63) is 5.82 Å². The molecule has 1 aromatic heterocycles. The number of nitrogens with one attached hydrogen (secondary N) is 2. The van der Waals surface area contributed by atoms with Crippen molar-refractivity contribution in [1.29, 1.82) is 5.26 Å². The van der Waals surface area contributed by atoms with Gasteiger partial charge in [0.2, 0.25) is 11.7 Å². The molecule has 6 heteroatoms. The molecule has 0 radical (unpaired) electrons. The van der Waals surface area contributed by atoms with E-state index in [0.29, 0.717) is 24.3 Å². The highest BCUT2D eigenvalue weighted by Crippen LogP contribution is 2.33. The lowest BCUT2D eigenvalue weighted by Gasteiger charge is -2.22. The smallest absolute Gasteiger partial charge is 0.244 e. The van der Waals surface area contributed by atoms with Crippen LogP contribution in [0.5, 0.6) is 5.88 Å². The van der Waals surface area contributed by atoms with E-state index in [9.17, 15) is 0 Å². The summed E-state index contributed by atoms with van der Waals surface area (Å²) in [5.41, 5.74) is 0.784. The van der Waals surface area contributed by atoms with Crippen LogP contribution in [0.2, 0.25) is 0 Å². The predicted molar refractivity (Wildman–Crippen MR) is 66.6 cm³/mol. The van der Waals surface area contributed by atoms with Crippen molar-refractivity contribution in [2.24, 2.45) is 0 Å². The van der Waals surface area contributed by atoms with E-state index >= 15 is 0 Å². The summed E-state index contributed by atoms with van der Waals surface area (Å²) in [7, 11) is 0. The van der Waals surface area contributed by atoms with Crippen LogP contribution in [0.1, 0.15) is 31.5 Å². The summed E-state index contributed by atoms with van der Waals surface area (Å²) < 4.78 is 5.47. The van der Waals surface area contributed by atoms with Gasteiger partial charge in [0, 0.05) is 12.6 Å². The molecule has 2 heterocycles. The number of hydrogen-bond donors (Lipinski definition) is 2. The third kappa shape index (κ3) is 2.04. The first-order valence-corrected chi connectivity index (χ1v) is 6.32. The Hall–Kier alpha value is -2.03. The van der Waals surface area contributed by atoms with E-state index in [4.69, 9.17) is 10.00 Å². The zero-order chi connectivity index (χ0) is 12.4. The molecule has 1 aromatic rings. The van der Waals surface area contributed by atoms with Crippen molar-refractivity contribution >= 4 is 11.5 Å². The molecule has 1 aliphatic heterocycles. The van der Waals surface area contributed by atoms with Crippen molar-refractivity contribution in [2.75, 3.05) is 23.8 Å². The molecule has 0 aromatic carbocycles. The summed E-state index contributed by atoms with van der Waals surface area (Å²) in [6.45, 7) is 1.30. The molecule has 1 fully saturated rings. The highest BCUT2D eigenvalue weighted by atomic mass is 16.5. The Morgan fingerprint density at radius 3 is 2.94 bits per heavy atom. The normalized spacial score (nSPS) is 18.4. The molecule has 94 valence electrons. The first-order valence-electron chi connectivity index (χ1n) is 6.32. The van der Waals surface area contributed by atoms with Crippen LogP contribution >= 0.6 is 0 Å². The number of ether oxygens (including phenoxy) is 1. The van der Waals surface area contributed by atoms with E-state index in [1.54, 1.807) is 0 Å². The molecule has 18 heavy (non-hydrogen) atoms. The van der Waals surface area contributed by atoms with Gasteiger partial charge in [-0.2, -0.15) is 15.2 Å². The molecule has 2 N–H and O–H groups in total. The number of hydrogen-bond acceptors (Lipinski definition) is 6. The minimum Gasteiger partial charge on any atom is -0.474 e. The maximum Gasteiger partial charge on any atom is 0.244 e. The standard InChI is InChI=1S/C12H15N5O/c13-7-9-16-11(15-8-3-1-2-4-8)10-12(17-9)18-6-5-14-10/h8,14H,1-6H2,(H,15,16,17). The third-order valence-electron chi connectivity index (χ3n) is 3.31. The first-order chi connectivity index (χ1) is 8.86. The molecular formula is C12H15N5O. The van der Waals surface area contributed by atoms with Crippen LogP contribution in [0.25, 0.3) is 0 Å². The van der Waals surface area contributed by atoms with Crippen molar-refractivity contribution in [2.45, 2.75) is 31.7 Å². The molecule has 0 bridgehead atoms. The van der Waals surface area contributed by atoms with Crippen LogP contribution in [0.3, 0.4) is 0 Å². The van der Waals surface area contributed by atoms with E-state index in [-0.39, 0.29) is 5.82 Å². The first kappa shape index (κ1) is 11.1. The van der Waals surface area contributed by atoms with Gasteiger partial charge in [-0.15, -0.1) is 0 Å². The van der Waals surface area contributed by atoms with Crippen LogP contribution in [-0.4, -0.2) is 29.2 Å². The summed E-state index contributed by atoms with van der Waals surface area (Å²) in [6, 6.07) is 2.42. The van der Waals surface area contributed by atoms with Crippen LogP contribution in [0, 0.1) is 11.3 Å². The average molecular weight is 245 g/mol. The Labute approximate surface area is 105 Å². The molecule has 1 saturated carbocycles. The molecule has 0 unspecified atom stereocenters. The SMILES string of the molecule is N#Cc1nc(NC2CCCC2)c2c(n1)OCCN2. The minimum atomic E-state index is 0.151. The summed E-state index contributed by atoms with van der Waals surface area (Å²) in [6.07, 6.45) is 4.81. The summed E-state index contributed by atoms with van der Waals surface area (Å²) in [5.74, 6) is 1.33. The average Bonchev–Trinajstić information content (AvgIpc) is 2.91. The number of rotatable bonds is 2. The highest BCUT2D eigenvalue weighted by molar-refractivity contribution is 5.71. The molecule has 6 nitrogen and oxygen atoms in total. The van der Waals surface area contributed by atoms with Gasteiger partial charge in [-0.25, -0.2) is 0 Å². The van der Waals surface area contributed by atoms with Gasteiger partial charge in [0.05, 0.1) is 0 Å². The fourth-order valence-corrected chi connectivity index (χ4v) is 2.45. The Bertz CT molecular complexity index is 490. The molecule has 0 amide bonds. The summed E-state index contributed by atoms with van der Waals surface area (Å²) in [4.78, 5) is 8.31. The minimum absolute atomic E-state index is 0.151. The molecule has 0 atom stereocenters. The highest BCUT2D eigenvalue weighted by Gasteiger charge is 2.22. The molecular weight excluding hydrogens is 230 g/mol. The van der Waals surface area contributed by atoms with Crippen LogP contribution in [0.15, 0.2) is 0 Å². The second-order valence-corrected chi connectivity index (χ2v) is 4.59. The quantitative estimate of drug-likeness (QED) is 0.821. The van der Waals surface area contributed by atoms with Gasteiger partial charge in [-0.05, 0) is 12.8 Å². The maximum absolute atomic E-state index is 8.95.